The van der Waals surface area contributed by atoms with Crippen molar-refractivity contribution in [2.75, 3.05) is 19.6 Å². The molecule has 1 aliphatic rings. The molecule has 0 spiro atoms. The second-order valence-corrected chi connectivity index (χ2v) is 6.59. The number of ether oxygens (including phenoxy) is 2. The third-order valence-corrected chi connectivity index (χ3v) is 4.49. The number of carbonyl (C=O) groups is 1. The molecule has 5 nitrogen and oxygen atoms in total. The van der Waals surface area contributed by atoms with E-state index in [1.165, 1.54) is 24.3 Å². The van der Waals surface area contributed by atoms with Gasteiger partial charge in [-0.2, -0.15) is 0 Å². The number of amides is 1. The molecule has 28 heavy (non-hydrogen) atoms. The Hall–Kier alpha value is -2.74. The minimum atomic E-state index is -0.963. The lowest BCUT2D eigenvalue weighted by atomic mass is 10.2. The molecule has 1 saturated heterocycles. The molecule has 1 aliphatic heterocycles. The highest BCUT2D eigenvalue weighted by Gasteiger charge is 2.24. The lowest BCUT2D eigenvalue weighted by Gasteiger charge is -2.33. The maximum atomic E-state index is 14.0. The summed E-state index contributed by atoms with van der Waals surface area (Å²) in [6.07, 6.45) is -0.499. The van der Waals surface area contributed by atoms with Gasteiger partial charge in [-0.25, -0.2) is 18.0 Å². The summed E-state index contributed by atoms with van der Waals surface area (Å²) < 4.78 is 51.0. The molecular weight excluding hydrogens is 373 g/mol. The van der Waals surface area contributed by atoms with Gasteiger partial charge in [0.05, 0.1) is 0 Å². The van der Waals surface area contributed by atoms with Crippen LogP contribution >= 0.6 is 0 Å². The molecule has 1 N–H and O–H groups in total. The van der Waals surface area contributed by atoms with Crippen molar-refractivity contribution >= 4 is 6.09 Å². The average molecular weight is 394 g/mol. The zero-order valence-electron chi connectivity index (χ0n) is 15.4. The molecular formula is C20H21F3N2O3. The van der Waals surface area contributed by atoms with Crippen LogP contribution in [0.15, 0.2) is 36.4 Å². The van der Waals surface area contributed by atoms with Crippen molar-refractivity contribution in [3.8, 4) is 5.75 Å². The summed E-state index contributed by atoms with van der Waals surface area (Å²) in [5.74, 6) is -2.10. The Morgan fingerprint density at radius 1 is 1.11 bits per heavy atom. The average Bonchev–Trinajstić information content (AvgIpc) is 2.69. The van der Waals surface area contributed by atoms with Gasteiger partial charge < -0.3 is 19.7 Å². The van der Waals surface area contributed by atoms with Crippen LogP contribution in [0.2, 0.25) is 0 Å². The van der Waals surface area contributed by atoms with Gasteiger partial charge in [-0.1, -0.05) is 6.07 Å². The van der Waals surface area contributed by atoms with Crippen LogP contribution in [0.1, 0.15) is 18.1 Å². The molecule has 0 aromatic heterocycles. The molecule has 2 aromatic carbocycles. The van der Waals surface area contributed by atoms with Crippen LogP contribution in [0.3, 0.4) is 0 Å². The first-order valence-corrected chi connectivity index (χ1v) is 8.93. The number of rotatable bonds is 5. The van der Waals surface area contributed by atoms with E-state index in [0.29, 0.717) is 30.9 Å². The second-order valence-electron chi connectivity index (χ2n) is 6.59. The van der Waals surface area contributed by atoms with Gasteiger partial charge in [0.25, 0.3) is 0 Å². The number of benzene rings is 2. The number of piperazine rings is 1. The largest absolute Gasteiger partial charge is 0.489 e. The molecule has 1 unspecified atom stereocenters. The SMILES string of the molecule is CC1CNCCN1C(=O)OCc1cc(OCc2ccc(F)c(F)c2)ccc1F. The summed E-state index contributed by atoms with van der Waals surface area (Å²) >= 11 is 0. The van der Waals surface area contributed by atoms with E-state index in [1.807, 2.05) is 6.92 Å². The molecule has 1 heterocycles. The van der Waals surface area contributed by atoms with Crippen molar-refractivity contribution in [1.29, 1.82) is 0 Å². The third kappa shape index (κ3) is 4.95. The normalized spacial score (nSPS) is 16.7. The van der Waals surface area contributed by atoms with Gasteiger partial charge in [-0.3, -0.25) is 0 Å². The van der Waals surface area contributed by atoms with Crippen LogP contribution in [-0.2, 0) is 18.0 Å². The first-order chi connectivity index (χ1) is 13.4. The van der Waals surface area contributed by atoms with E-state index in [2.05, 4.69) is 5.32 Å². The highest BCUT2D eigenvalue weighted by atomic mass is 19.2. The van der Waals surface area contributed by atoms with Crippen molar-refractivity contribution in [3.63, 3.8) is 0 Å². The molecule has 0 bridgehead atoms. The topological polar surface area (TPSA) is 50.8 Å². The molecule has 150 valence electrons. The Kier molecular flexibility index (Phi) is 6.41. The maximum absolute atomic E-state index is 14.0. The quantitative estimate of drug-likeness (QED) is 0.842. The lowest BCUT2D eigenvalue weighted by Crippen LogP contribution is -2.52. The molecule has 8 heteroatoms. The highest BCUT2D eigenvalue weighted by molar-refractivity contribution is 5.68. The van der Waals surface area contributed by atoms with Crippen LogP contribution < -0.4 is 10.1 Å². The number of carbonyl (C=O) groups excluding carboxylic acids is 1. The van der Waals surface area contributed by atoms with Crippen LogP contribution in [0, 0.1) is 17.5 Å². The zero-order valence-corrected chi connectivity index (χ0v) is 15.4. The fourth-order valence-corrected chi connectivity index (χ4v) is 2.88. The smallest absolute Gasteiger partial charge is 0.410 e. The highest BCUT2D eigenvalue weighted by Crippen LogP contribution is 2.20. The fraction of sp³-hybridized carbons (Fsp3) is 0.350. The molecule has 3 rings (SSSR count). The van der Waals surface area contributed by atoms with Crippen LogP contribution in [-0.4, -0.2) is 36.7 Å². The lowest BCUT2D eigenvalue weighted by molar-refractivity contribution is 0.0751. The first kappa shape index (κ1) is 20.0. The Morgan fingerprint density at radius 2 is 1.89 bits per heavy atom. The molecule has 2 aromatic rings. The summed E-state index contributed by atoms with van der Waals surface area (Å²) in [6.45, 7) is 3.54. The summed E-state index contributed by atoms with van der Waals surface area (Å²) in [5.41, 5.74) is 0.600. The van der Waals surface area contributed by atoms with Crippen molar-refractivity contribution in [1.82, 2.24) is 10.2 Å². The minimum Gasteiger partial charge on any atom is -0.489 e. The van der Waals surface area contributed by atoms with E-state index in [4.69, 9.17) is 9.47 Å². The van der Waals surface area contributed by atoms with Crippen molar-refractivity contribution in [2.24, 2.45) is 0 Å². The van der Waals surface area contributed by atoms with Crippen LogP contribution in [0.5, 0.6) is 5.75 Å². The number of hydrogen-bond donors (Lipinski definition) is 1. The number of halogens is 3. The third-order valence-electron chi connectivity index (χ3n) is 4.49. The van der Waals surface area contributed by atoms with E-state index in [9.17, 15) is 18.0 Å². The summed E-state index contributed by atoms with van der Waals surface area (Å²) in [7, 11) is 0. The van der Waals surface area contributed by atoms with Crippen molar-refractivity contribution < 1.29 is 27.4 Å². The summed E-state index contributed by atoms with van der Waals surface area (Å²) in [6, 6.07) is 7.49. The number of nitrogens with one attached hydrogen (secondary N) is 1. The van der Waals surface area contributed by atoms with Crippen LogP contribution in [0.25, 0.3) is 0 Å². The molecule has 0 saturated carbocycles. The molecule has 1 amide bonds. The van der Waals surface area contributed by atoms with E-state index in [-0.39, 0.29) is 24.8 Å². The predicted molar refractivity (Wildman–Crippen MR) is 96.3 cm³/mol. The van der Waals surface area contributed by atoms with Crippen LogP contribution in [0.4, 0.5) is 18.0 Å². The molecule has 1 fully saturated rings. The van der Waals surface area contributed by atoms with E-state index >= 15 is 0 Å². The Bertz CT molecular complexity index is 847. The van der Waals surface area contributed by atoms with Gasteiger partial charge in [0.1, 0.15) is 24.8 Å². The monoisotopic (exact) mass is 394 g/mol. The van der Waals surface area contributed by atoms with Gasteiger partial charge in [0.2, 0.25) is 0 Å². The molecule has 0 aliphatic carbocycles. The number of hydrogen-bond acceptors (Lipinski definition) is 4. The Labute approximate surface area is 161 Å². The number of nitrogens with zero attached hydrogens (tertiary/aromatic N) is 1. The summed E-state index contributed by atoms with van der Waals surface area (Å²) in [4.78, 5) is 13.8. The minimum absolute atomic E-state index is 0.00290. The predicted octanol–water partition coefficient (Wildman–Crippen LogP) is 3.61. The van der Waals surface area contributed by atoms with Gasteiger partial charge in [-0.15, -0.1) is 0 Å². The van der Waals surface area contributed by atoms with Gasteiger partial charge in [0.15, 0.2) is 11.6 Å². The standard InChI is InChI=1S/C20H21F3N2O3/c1-13-10-24-6-7-25(13)20(26)28-12-15-9-16(3-5-17(15)21)27-11-14-2-4-18(22)19(23)8-14/h2-5,8-9,13,24H,6-7,10-12H2,1H3. The summed E-state index contributed by atoms with van der Waals surface area (Å²) in [5, 5.41) is 3.17. The zero-order chi connectivity index (χ0) is 20.1. The van der Waals surface area contributed by atoms with E-state index in [1.54, 1.807) is 4.90 Å². The van der Waals surface area contributed by atoms with Gasteiger partial charge in [-0.05, 0) is 42.8 Å². The first-order valence-electron chi connectivity index (χ1n) is 8.93. The van der Waals surface area contributed by atoms with E-state index in [0.717, 1.165) is 12.1 Å². The Morgan fingerprint density at radius 3 is 2.64 bits per heavy atom. The van der Waals surface area contributed by atoms with Crippen molar-refractivity contribution in [2.45, 2.75) is 26.2 Å². The maximum Gasteiger partial charge on any atom is 0.410 e. The van der Waals surface area contributed by atoms with E-state index < -0.39 is 23.5 Å². The van der Waals surface area contributed by atoms with Crippen molar-refractivity contribution in [3.05, 3.63) is 65.0 Å². The molecule has 1 atom stereocenters. The fourth-order valence-electron chi connectivity index (χ4n) is 2.88. The van der Waals surface area contributed by atoms with Gasteiger partial charge >= 0.3 is 6.09 Å². The van der Waals surface area contributed by atoms with Gasteiger partial charge in [0, 0.05) is 31.2 Å². The molecule has 0 radical (unpaired) electrons. The Balaban J connectivity index is 1.59. The second kappa shape index (κ2) is 8.97.